The maximum Gasteiger partial charge on any atom is 0.127 e. The second-order valence-electron chi connectivity index (χ2n) is 3.54. The molecule has 1 heterocycles. The highest BCUT2D eigenvalue weighted by atomic mass is 32.1. The highest BCUT2D eigenvalue weighted by Gasteiger charge is 2.07. The zero-order valence-electron chi connectivity index (χ0n) is 8.89. The van der Waals surface area contributed by atoms with Crippen LogP contribution in [0.1, 0.15) is 11.3 Å². The molecule has 0 amide bonds. The van der Waals surface area contributed by atoms with Crippen LogP contribution >= 0.6 is 11.3 Å². The third-order valence-corrected chi connectivity index (χ3v) is 3.41. The van der Waals surface area contributed by atoms with Gasteiger partial charge in [0.1, 0.15) is 10.8 Å². The van der Waals surface area contributed by atoms with Gasteiger partial charge in [-0.25, -0.2) is 4.98 Å². The summed E-state index contributed by atoms with van der Waals surface area (Å²) in [6, 6.07) is 7.26. The zero-order chi connectivity index (χ0) is 11.4. The molecular weight excluding hydrogens is 220 g/mol. The topological polar surface area (TPSA) is 59.1 Å². The Morgan fingerprint density at radius 1 is 1.31 bits per heavy atom. The van der Waals surface area contributed by atoms with Gasteiger partial charge in [0.05, 0.1) is 5.56 Å². The summed E-state index contributed by atoms with van der Waals surface area (Å²) < 4.78 is 0. The lowest BCUT2D eigenvalue weighted by molar-refractivity contribution is 0.477. The minimum absolute atomic E-state index is 0.280. The van der Waals surface area contributed by atoms with E-state index in [1.807, 2.05) is 24.4 Å². The van der Waals surface area contributed by atoms with Gasteiger partial charge in [-0.05, 0) is 31.5 Å². The number of aromatic nitrogens is 1. The van der Waals surface area contributed by atoms with E-state index in [1.165, 1.54) is 4.88 Å². The van der Waals surface area contributed by atoms with Gasteiger partial charge in [0.25, 0.3) is 0 Å². The molecule has 0 spiro atoms. The number of aryl methyl sites for hydroxylation is 1. The normalized spacial score (nSPS) is 10.6. The van der Waals surface area contributed by atoms with E-state index in [4.69, 9.17) is 5.73 Å². The number of phenolic OH excluding ortho intramolecular Hbond substituents is 1. The van der Waals surface area contributed by atoms with E-state index in [0.29, 0.717) is 6.54 Å². The van der Waals surface area contributed by atoms with Crippen molar-refractivity contribution in [1.82, 2.24) is 4.98 Å². The van der Waals surface area contributed by atoms with Gasteiger partial charge < -0.3 is 10.8 Å². The van der Waals surface area contributed by atoms with E-state index >= 15 is 0 Å². The van der Waals surface area contributed by atoms with E-state index in [-0.39, 0.29) is 5.75 Å². The number of para-hydroxylation sites is 1. The van der Waals surface area contributed by atoms with Gasteiger partial charge >= 0.3 is 0 Å². The largest absolute Gasteiger partial charge is 0.507 e. The molecule has 4 heteroatoms. The number of aromatic hydroxyl groups is 1. The lowest BCUT2D eigenvalue weighted by Gasteiger charge is -1.98. The second-order valence-corrected chi connectivity index (χ2v) is 4.66. The first kappa shape index (κ1) is 11.1. The van der Waals surface area contributed by atoms with Crippen LogP contribution in [-0.2, 0) is 6.42 Å². The summed E-state index contributed by atoms with van der Waals surface area (Å²) in [6.07, 6.45) is 3.80. The maximum atomic E-state index is 9.70. The van der Waals surface area contributed by atoms with Gasteiger partial charge in [0.2, 0.25) is 0 Å². The van der Waals surface area contributed by atoms with Gasteiger partial charge in [-0.3, -0.25) is 0 Å². The lowest BCUT2D eigenvalue weighted by atomic mass is 10.2. The van der Waals surface area contributed by atoms with Crippen LogP contribution in [0.4, 0.5) is 0 Å². The predicted octanol–water partition coefficient (Wildman–Crippen LogP) is 2.41. The number of phenols is 1. The highest BCUT2D eigenvalue weighted by Crippen LogP contribution is 2.32. The molecule has 0 aliphatic carbocycles. The second kappa shape index (κ2) is 5.09. The van der Waals surface area contributed by atoms with Crippen molar-refractivity contribution in [1.29, 1.82) is 0 Å². The Balaban J connectivity index is 2.22. The van der Waals surface area contributed by atoms with Crippen molar-refractivity contribution in [3.8, 4) is 16.3 Å². The molecule has 0 fully saturated rings. The summed E-state index contributed by atoms with van der Waals surface area (Å²) in [5.74, 6) is 0.280. The lowest BCUT2D eigenvalue weighted by Crippen LogP contribution is -1.99. The molecule has 0 unspecified atom stereocenters. The van der Waals surface area contributed by atoms with Crippen LogP contribution in [-0.4, -0.2) is 16.6 Å². The molecular formula is C12H14N2OS. The standard InChI is InChI=1S/C12H14N2OS/c13-7-3-4-9-8-14-12(16-9)10-5-1-2-6-11(10)15/h1-2,5-6,8,15H,3-4,7,13H2. The van der Waals surface area contributed by atoms with Gasteiger partial charge in [0, 0.05) is 11.1 Å². The summed E-state index contributed by atoms with van der Waals surface area (Å²) in [5, 5.41) is 10.6. The Morgan fingerprint density at radius 3 is 2.88 bits per heavy atom. The molecule has 3 N–H and O–H groups in total. The number of benzene rings is 1. The van der Waals surface area contributed by atoms with Crippen LogP contribution in [0.3, 0.4) is 0 Å². The summed E-state index contributed by atoms with van der Waals surface area (Å²) >= 11 is 1.61. The summed E-state index contributed by atoms with van der Waals surface area (Å²) in [5.41, 5.74) is 6.26. The first-order valence-corrected chi connectivity index (χ1v) is 6.06. The maximum absolute atomic E-state index is 9.70. The van der Waals surface area contributed by atoms with E-state index in [2.05, 4.69) is 4.98 Å². The first-order chi connectivity index (χ1) is 7.81. The first-order valence-electron chi connectivity index (χ1n) is 5.24. The van der Waals surface area contributed by atoms with Gasteiger partial charge in [-0.15, -0.1) is 11.3 Å². The van der Waals surface area contributed by atoms with Crippen molar-refractivity contribution >= 4 is 11.3 Å². The fourth-order valence-electron chi connectivity index (χ4n) is 1.48. The molecule has 2 aromatic rings. The van der Waals surface area contributed by atoms with Crippen molar-refractivity contribution in [3.05, 3.63) is 35.3 Å². The minimum Gasteiger partial charge on any atom is -0.507 e. The molecule has 2 rings (SSSR count). The molecule has 0 bridgehead atoms. The van der Waals surface area contributed by atoms with E-state index in [1.54, 1.807) is 17.4 Å². The number of hydrogen-bond acceptors (Lipinski definition) is 4. The molecule has 0 saturated heterocycles. The van der Waals surface area contributed by atoms with Crippen LogP contribution in [0.15, 0.2) is 30.5 Å². The summed E-state index contributed by atoms with van der Waals surface area (Å²) in [6.45, 7) is 0.698. The van der Waals surface area contributed by atoms with Crippen LogP contribution in [0, 0.1) is 0 Å². The molecule has 0 aliphatic rings. The smallest absolute Gasteiger partial charge is 0.127 e. The van der Waals surface area contributed by atoms with Gasteiger partial charge in [0.15, 0.2) is 0 Å². The molecule has 0 atom stereocenters. The third kappa shape index (κ3) is 2.40. The minimum atomic E-state index is 0.280. The SMILES string of the molecule is NCCCc1cnc(-c2ccccc2O)s1. The average Bonchev–Trinajstić information content (AvgIpc) is 2.75. The highest BCUT2D eigenvalue weighted by molar-refractivity contribution is 7.15. The predicted molar refractivity (Wildman–Crippen MR) is 66.6 cm³/mol. The Morgan fingerprint density at radius 2 is 2.12 bits per heavy atom. The van der Waals surface area contributed by atoms with E-state index < -0.39 is 0 Å². The molecule has 16 heavy (non-hydrogen) atoms. The van der Waals surface area contributed by atoms with Crippen LogP contribution in [0.5, 0.6) is 5.75 Å². The molecule has 0 aliphatic heterocycles. The van der Waals surface area contributed by atoms with Crippen molar-refractivity contribution in [2.75, 3.05) is 6.54 Å². The fourth-order valence-corrected chi connectivity index (χ4v) is 2.47. The van der Waals surface area contributed by atoms with E-state index in [9.17, 15) is 5.11 Å². The Hall–Kier alpha value is -1.39. The Kier molecular flexibility index (Phi) is 3.54. The Labute approximate surface area is 98.6 Å². The third-order valence-electron chi connectivity index (χ3n) is 2.32. The van der Waals surface area contributed by atoms with Crippen molar-refractivity contribution in [2.45, 2.75) is 12.8 Å². The van der Waals surface area contributed by atoms with Crippen LogP contribution in [0.2, 0.25) is 0 Å². The fraction of sp³-hybridized carbons (Fsp3) is 0.250. The summed E-state index contributed by atoms with van der Waals surface area (Å²) in [4.78, 5) is 5.53. The monoisotopic (exact) mass is 234 g/mol. The number of rotatable bonds is 4. The summed E-state index contributed by atoms with van der Waals surface area (Å²) in [7, 11) is 0. The number of nitrogens with two attached hydrogens (primary N) is 1. The quantitative estimate of drug-likeness (QED) is 0.854. The zero-order valence-corrected chi connectivity index (χ0v) is 9.70. The molecule has 0 saturated carbocycles. The molecule has 1 aromatic carbocycles. The number of thiazole rings is 1. The van der Waals surface area contributed by atoms with Crippen molar-refractivity contribution < 1.29 is 5.11 Å². The van der Waals surface area contributed by atoms with Crippen molar-refractivity contribution in [3.63, 3.8) is 0 Å². The molecule has 84 valence electrons. The molecule has 1 aromatic heterocycles. The Bertz CT molecular complexity index is 468. The van der Waals surface area contributed by atoms with E-state index in [0.717, 1.165) is 23.4 Å². The van der Waals surface area contributed by atoms with Gasteiger partial charge in [-0.2, -0.15) is 0 Å². The van der Waals surface area contributed by atoms with Crippen LogP contribution in [0.25, 0.3) is 10.6 Å². The van der Waals surface area contributed by atoms with Crippen LogP contribution < -0.4 is 5.73 Å². The molecule has 0 radical (unpaired) electrons. The van der Waals surface area contributed by atoms with Gasteiger partial charge in [-0.1, -0.05) is 12.1 Å². The number of nitrogens with zero attached hydrogens (tertiary/aromatic N) is 1. The average molecular weight is 234 g/mol. The van der Waals surface area contributed by atoms with Crippen molar-refractivity contribution in [2.24, 2.45) is 5.73 Å². The molecule has 3 nitrogen and oxygen atoms in total. The number of hydrogen-bond donors (Lipinski definition) is 2.